The number of aromatic nitrogens is 2. The van der Waals surface area contributed by atoms with Gasteiger partial charge in [-0.05, 0) is 31.5 Å². The van der Waals surface area contributed by atoms with E-state index in [-0.39, 0.29) is 0 Å². The first-order valence-electron chi connectivity index (χ1n) is 7.78. The molecule has 1 aliphatic rings. The Morgan fingerprint density at radius 2 is 1.87 bits per heavy atom. The Kier molecular flexibility index (Phi) is 4.41. The van der Waals surface area contributed by atoms with Gasteiger partial charge in [-0.25, -0.2) is 4.98 Å². The van der Waals surface area contributed by atoms with Crippen molar-refractivity contribution < 1.29 is 4.79 Å². The van der Waals surface area contributed by atoms with E-state index in [0.29, 0.717) is 5.95 Å². The molecule has 1 aliphatic heterocycles. The molecule has 1 aromatic heterocycles. The van der Waals surface area contributed by atoms with Crippen LogP contribution in [0.25, 0.3) is 0 Å². The van der Waals surface area contributed by atoms with E-state index in [4.69, 9.17) is 0 Å². The summed E-state index contributed by atoms with van der Waals surface area (Å²) in [6.07, 6.45) is 0.910. The molecule has 1 N–H and O–H groups in total. The molecule has 120 valence electrons. The van der Waals surface area contributed by atoms with E-state index in [1.807, 2.05) is 25.1 Å². The summed E-state index contributed by atoms with van der Waals surface area (Å²) in [6, 6.07) is 10.1. The number of benzene rings is 1. The average molecular weight is 311 g/mol. The number of nitrogens with one attached hydrogen (secondary N) is 1. The quantitative estimate of drug-likeness (QED) is 0.876. The number of carbonyl (C=O) groups is 1. The van der Waals surface area contributed by atoms with E-state index in [1.165, 1.54) is 5.56 Å². The highest BCUT2D eigenvalue weighted by atomic mass is 16.1. The van der Waals surface area contributed by atoms with Crippen LogP contribution in [0.3, 0.4) is 0 Å². The van der Waals surface area contributed by atoms with Crippen LogP contribution in [0.2, 0.25) is 0 Å². The fraction of sp³-hybridized carbons (Fsp3) is 0.353. The first kappa shape index (κ1) is 15.3. The van der Waals surface area contributed by atoms with Crippen LogP contribution in [0.5, 0.6) is 0 Å². The number of carbonyl (C=O) groups excluding carboxylic acids is 1. The number of amides is 1. The minimum atomic E-state index is 0.600. The number of aryl methyl sites for hydroxylation is 2. The monoisotopic (exact) mass is 311 g/mol. The molecule has 0 unspecified atom stereocenters. The molecule has 3 rings (SSSR count). The van der Waals surface area contributed by atoms with E-state index in [2.05, 4.69) is 39.2 Å². The van der Waals surface area contributed by atoms with Crippen molar-refractivity contribution in [3.63, 3.8) is 0 Å². The second kappa shape index (κ2) is 6.64. The third kappa shape index (κ3) is 3.77. The molecular weight excluding hydrogens is 290 g/mol. The van der Waals surface area contributed by atoms with Crippen molar-refractivity contribution in [1.82, 2.24) is 14.9 Å². The molecule has 1 saturated heterocycles. The molecule has 6 heteroatoms. The molecule has 0 radical (unpaired) electrons. The zero-order valence-electron chi connectivity index (χ0n) is 13.5. The minimum absolute atomic E-state index is 0.600. The van der Waals surface area contributed by atoms with Crippen LogP contribution >= 0.6 is 0 Å². The van der Waals surface area contributed by atoms with Crippen LogP contribution in [-0.4, -0.2) is 47.5 Å². The molecule has 0 bridgehead atoms. The number of anilines is 3. The molecule has 1 fully saturated rings. The van der Waals surface area contributed by atoms with Gasteiger partial charge in [0.2, 0.25) is 12.4 Å². The molecule has 0 saturated carbocycles. The van der Waals surface area contributed by atoms with E-state index in [9.17, 15) is 4.79 Å². The number of hydrogen-bond acceptors (Lipinski definition) is 5. The summed E-state index contributed by atoms with van der Waals surface area (Å²) in [5.74, 6) is 1.50. The minimum Gasteiger partial charge on any atom is -0.353 e. The largest absolute Gasteiger partial charge is 0.353 e. The molecule has 0 atom stereocenters. The summed E-state index contributed by atoms with van der Waals surface area (Å²) in [6.45, 7) is 7.06. The van der Waals surface area contributed by atoms with Crippen molar-refractivity contribution in [2.75, 3.05) is 36.4 Å². The standard InChI is InChI=1S/C17H21N5O/c1-13-4-3-5-15(10-13)19-17-18-14(2)11-16(20-17)22-8-6-21(12-23)7-9-22/h3-5,10-12H,6-9H2,1-2H3,(H,18,19,20). The lowest BCUT2D eigenvalue weighted by Crippen LogP contribution is -2.46. The van der Waals surface area contributed by atoms with Crippen LogP contribution in [-0.2, 0) is 4.79 Å². The van der Waals surface area contributed by atoms with E-state index < -0.39 is 0 Å². The normalized spacial score (nSPS) is 14.7. The van der Waals surface area contributed by atoms with E-state index in [0.717, 1.165) is 49.8 Å². The van der Waals surface area contributed by atoms with Gasteiger partial charge in [0.1, 0.15) is 5.82 Å². The van der Waals surface area contributed by atoms with Crippen molar-refractivity contribution in [3.8, 4) is 0 Å². The zero-order chi connectivity index (χ0) is 16.2. The Bertz CT molecular complexity index is 695. The lowest BCUT2D eigenvalue weighted by molar-refractivity contribution is -0.118. The average Bonchev–Trinajstić information content (AvgIpc) is 2.54. The van der Waals surface area contributed by atoms with Crippen LogP contribution in [0, 0.1) is 13.8 Å². The van der Waals surface area contributed by atoms with E-state index >= 15 is 0 Å². The lowest BCUT2D eigenvalue weighted by atomic mass is 10.2. The summed E-state index contributed by atoms with van der Waals surface area (Å²) < 4.78 is 0. The molecule has 1 aromatic carbocycles. The Morgan fingerprint density at radius 3 is 2.57 bits per heavy atom. The summed E-state index contributed by atoms with van der Waals surface area (Å²) in [5, 5.41) is 3.27. The van der Waals surface area contributed by atoms with Crippen LogP contribution in [0.1, 0.15) is 11.3 Å². The molecule has 0 aliphatic carbocycles. The SMILES string of the molecule is Cc1cccc(Nc2nc(C)cc(N3CCN(C=O)CC3)n2)c1. The first-order chi connectivity index (χ1) is 11.1. The maximum Gasteiger partial charge on any atom is 0.229 e. The van der Waals surface area contributed by atoms with Crippen LogP contribution < -0.4 is 10.2 Å². The van der Waals surface area contributed by atoms with Crippen molar-refractivity contribution in [2.24, 2.45) is 0 Å². The van der Waals surface area contributed by atoms with Gasteiger partial charge in [-0.3, -0.25) is 4.79 Å². The van der Waals surface area contributed by atoms with Gasteiger partial charge in [-0.2, -0.15) is 4.98 Å². The van der Waals surface area contributed by atoms with Gasteiger partial charge in [0, 0.05) is 43.6 Å². The van der Waals surface area contributed by atoms with Gasteiger partial charge in [-0.1, -0.05) is 12.1 Å². The van der Waals surface area contributed by atoms with Crippen molar-refractivity contribution in [3.05, 3.63) is 41.6 Å². The molecule has 1 amide bonds. The van der Waals surface area contributed by atoms with E-state index in [1.54, 1.807) is 4.90 Å². The zero-order valence-corrected chi connectivity index (χ0v) is 13.5. The number of hydrogen-bond donors (Lipinski definition) is 1. The molecule has 23 heavy (non-hydrogen) atoms. The van der Waals surface area contributed by atoms with Crippen molar-refractivity contribution >= 4 is 23.9 Å². The van der Waals surface area contributed by atoms with Gasteiger partial charge in [-0.15, -0.1) is 0 Å². The highest BCUT2D eigenvalue weighted by Gasteiger charge is 2.17. The predicted octanol–water partition coefficient (Wildman–Crippen LogP) is 2.12. The first-order valence-corrected chi connectivity index (χ1v) is 7.78. The Hall–Kier alpha value is -2.63. The van der Waals surface area contributed by atoms with Gasteiger partial charge < -0.3 is 15.1 Å². The van der Waals surface area contributed by atoms with Gasteiger partial charge in [0.15, 0.2) is 0 Å². The maximum atomic E-state index is 10.8. The number of piperazine rings is 1. The fourth-order valence-corrected chi connectivity index (χ4v) is 2.68. The maximum absolute atomic E-state index is 10.8. The fourth-order valence-electron chi connectivity index (χ4n) is 2.68. The van der Waals surface area contributed by atoms with Gasteiger partial charge in [0.05, 0.1) is 0 Å². The van der Waals surface area contributed by atoms with Crippen molar-refractivity contribution in [2.45, 2.75) is 13.8 Å². The summed E-state index contributed by atoms with van der Waals surface area (Å²) in [5.41, 5.74) is 3.09. The highest BCUT2D eigenvalue weighted by molar-refractivity contribution is 5.57. The topological polar surface area (TPSA) is 61.4 Å². The molecular formula is C17H21N5O. The van der Waals surface area contributed by atoms with Gasteiger partial charge in [0.25, 0.3) is 0 Å². The smallest absolute Gasteiger partial charge is 0.229 e. The second-order valence-electron chi connectivity index (χ2n) is 5.81. The van der Waals surface area contributed by atoms with Gasteiger partial charge >= 0.3 is 0 Å². The number of rotatable bonds is 4. The lowest BCUT2D eigenvalue weighted by Gasteiger charge is -2.33. The Balaban J connectivity index is 1.78. The summed E-state index contributed by atoms with van der Waals surface area (Å²) in [7, 11) is 0. The third-order valence-corrected chi connectivity index (χ3v) is 3.90. The van der Waals surface area contributed by atoms with Crippen molar-refractivity contribution in [1.29, 1.82) is 0 Å². The predicted molar refractivity (Wildman–Crippen MR) is 91.1 cm³/mol. The highest BCUT2D eigenvalue weighted by Crippen LogP contribution is 2.20. The van der Waals surface area contributed by atoms with Crippen LogP contribution in [0.4, 0.5) is 17.5 Å². The molecule has 0 spiro atoms. The van der Waals surface area contributed by atoms with Crippen LogP contribution in [0.15, 0.2) is 30.3 Å². The Labute approximate surface area is 136 Å². The summed E-state index contributed by atoms with van der Waals surface area (Å²) in [4.78, 5) is 23.9. The third-order valence-electron chi connectivity index (χ3n) is 3.90. The number of nitrogens with zero attached hydrogens (tertiary/aromatic N) is 4. The molecule has 2 aromatic rings. The second-order valence-corrected chi connectivity index (χ2v) is 5.81. The Morgan fingerprint density at radius 1 is 1.09 bits per heavy atom. The molecule has 2 heterocycles. The summed E-state index contributed by atoms with van der Waals surface area (Å²) >= 11 is 0. The molecule has 6 nitrogen and oxygen atoms in total.